The zero-order valence-corrected chi connectivity index (χ0v) is 13.2. The number of carbonyl (C=O) groups is 1. The van der Waals surface area contributed by atoms with Gasteiger partial charge in [-0.3, -0.25) is 4.79 Å². The molecule has 0 aromatic heterocycles. The number of anilines is 2. The molecule has 0 spiro atoms. The Hall–Kier alpha value is -3.20. The fraction of sp³-hybridized carbons (Fsp3) is 0.222. The number of para-hydroxylation sites is 1. The number of benzene rings is 2. The van der Waals surface area contributed by atoms with Gasteiger partial charge in [-0.25, -0.2) is 0 Å². The highest BCUT2D eigenvalue weighted by Gasteiger charge is 2.19. The molecule has 0 fully saturated rings. The maximum atomic E-state index is 12.4. The number of carbonyl (C=O) groups excluding carboxylic acids is 1. The van der Waals surface area contributed by atoms with Crippen molar-refractivity contribution in [3.63, 3.8) is 0 Å². The topological polar surface area (TPSA) is 83.4 Å². The molecule has 0 saturated heterocycles. The van der Waals surface area contributed by atoms with Crippen LogP contribution in [0.15, 0.2) is 42.5 Å². The number of ether oxygens (including phenoxy) is 2. The summed E-state index contributed by atoms with van der Waals surface area (Å²) >= 11 is 0. The van der Waals surface area contributed by atoms with Crippen molar-refractivity contribution in [2.75, 3.05) is 23.8 Å². The van der Waals surface area contributed by atoms with E-state index in [1.54, 1.807) is 31.2 Å². The summed E-state index contributed by atoms with van der Waals surface area (Å²) in [4.78, 5) is 12.4. The summed E-state index contributed by atoms with van der Waals surface area (Å²) in [6, 6.07) is 13.9. The number of rotatable bonds is 4. The average Bonchev–Trinajstić information content (AvgIpc) is 2.62. The monoisotopic (exact) mass is 323 g/mol. The lowest BCUT2D eigenvalue weighted by molar-refractivity contribution is -0.116. The van der Waals surface area contributed by atoms with E-state index in [4.69, 9.17) is 14.7 Å². The standard InChI is InChI=1S/C18H17N3O3/c1-12(18(22)21-14-5-2-4-13(10-14)11-19)20-15-6-3-7-16-17(15)24-9-8-23-16/h2-7,10,12,20H,8-9H2,1H3,(H,21,22)/t12-/m1/s1. The van der Waals surface area contributed by atoms with Gasteiger partial charge in [-0.05, 0) is 37.3 Å². The van der Waals surface area contributed by atoms with Gasteiger partial charge in [0.05, 0.1) is 17.3 Å². The van der Waals surface area contributed by atoms with Crippen LogP contribution < -0.4 is 20.1 Å². The van der Waals surface area contributed by atoms with Crippen LogP contribution >= 0.6 is 0 Å². The van der Waals surface area contributed by atoms with Gasteiger partial charge in [0.1, 0.15) is 19.3 Å². The second-order valence-corrected chi connectivity index (χ2v) is 5.38. The number of hydrogen-bond acceptors (Lipinski definition) is 5. The van der Waals surface area contributed by atoms with E-state index in [0.29, 0.717) is 41.7 Å². The largest absolute Gasteiger partial charge is 0.486 e. The van der Waals surface area contributed by atoms with Gasteiger partial charge in [0.2, 0.25) is 5.91 Å². The predicted molar refractivity (Wildman–Crippen MR) is 90.3 cm³/mol. The molecule has 0 aliphatic carbocycles. The number of nitrogens with zero attached hydrogens (tertiary/aromatic N) is 1. The van der Waals surface area contributed by atoms with Gasteiger partial charge >= 0.3 is 0 Å². The Labute approximate surface area is 140 Å². The quantitative estimate of drug-likeness (QED) is 0.904. The van der Waals surface area contributed by atoms with Gasteiger partial charge in [0.15, 0.2) is 11.5 Å². The molecule has 1 atom stereocenters. The Balaban J connectivity index is 1.69. The molecule has 2 N–H and O–H groups in total. The highest BCUT2D eigenvalue weighted by atomic mass is 16.6. The van der Waals surface area contributed by atoms with E-state index in [1.165, 1.54) is 0 Å². The molecule has 0 unspecified atom stereocenters. The molecule has 24 heavy (non-hydrogen) atoms. The summed E-state index contributed by atoms with van der Waals surface area (Å²) in [6.07, 6.45) is 0. The smallest absolute Gasteiger partial charge is 0.246 e. The molecule has 1 aliphatic heterocycles. The summed E-state index contributed by atoms with van der Waals surface area (Å²) in [6.45, 7) is 2.75. The summed E-state index contributed by atoms with van der Waals surface area (Å²) in [7, 11) is 0. The van der Waals surface area contributed by atoms with Crippen LogP contribution in [0.5, 0.6) is 11.5 Å². The number of amides is 1. The summed E-state index contributed by atoms with van der Waals surface area (Å²) in [5.41, 5.74) is 1.79. The average molecular weight is 323 g/mol. The maximum absolute atomic E-state index is 12.4. The lowest BCUT2D eigenvalue weighted by Crippen LogP contribution is -2.32. The Morgan fingerprint density at radius 1 is 1.21 bits per heavy atom. The molecule has 1 amide bonds. The van der Waals surface area contributed by atoms with Gasteiger partial charge in [-0.15, -0.1) is 0 Å². The predicted octanol–water partition coefficient (Wildman–Crippen LogP) is 2.77. The third-order valence-corrected chi connectivity index (χ3v) is 3.59. The second kappa shape index (κ2) is 6.92. The normalized spacial score (nSPS) is 13.5. The minimum Gasteiger partial charge on any atom is -0.486 e. The molecule has 2 aromatic rings. The van der Waals surface area contributed by atoms with Crippen LogP contribution in [0.25, 0.3) is 0 Å². The lowest BCUT2D eigenvalue weighted by Gasteiger charge is -2.23. The SMILES string of the molecule is C[C@@H](Nc1cccc2c1OCCO2)C(=O)Nc1cccc(C#N)c1. The molecule has 1 aliphatic rings. The Morgan fingerprint density at radius 3 is 2.83 bits per heavy atom. The van der Waals surface area contributed by atoms with Gasteiger partial charge in [-0.1, -0.05) is 12.1 Å². The van der Waals surface area contributed by atoms with E-state index in [1.807, 2.05) is 24.3 Å². The maximum Gasteiger partial charge on any atom is 0.246 e. The molecule has 6 heteroatoms. The molecule has 0 saturated carbocycles. The van der Waals surface area contributed by atoms with Gasteiger partial charge in [0, 0.05) is 5.69 Å². The minimum absolute atomic E-state index is 0.209. The fourth-order valence-electron chi connectivity index (χ4n) is 2.40. The van der Waals surface area contributed by atoms with E-state index in [2.05, 4.69) is 10.6 Å². The molecule has 2 aromatic carbocycles. The second-order valence-electron chi connectivity index (χ2n) is 5.38. The van der Waals surface area contributed by atoms with Crippen LogP contribution in [0.3, 0.4) is 0 Å². The van der Waals surface area contributed by atoms with Crippen LogP contribution in [0.1, 0.15) is 12.5 Å². The highest BCUT2D eigenvalue weighted by molar-refractivity contribution is 5.96. The van der Waals surface area contributed by atoms with Crippen LogP contribution in [0.2, 0.25) is 0 Å². The van der Waals surface area contributed by atoms with Gasteiger partial charge < -0.3 is 20.1 Å². The van der Waals surface area contributed by atoms with Crippen LogP contribution in [-0.2, 0) is 4.79 Å². The van der Waals surface area contributed by atoms with Crippen LogP contribution in [-0.4, -0.2) is 25.2 Å². The first kappa shape index (κ1) is 15.7. The number of nitrogens with one attached hydrogen (secondary N) is 2. The van der Waals surface area contributed by atoms with Crippen molar-refractivity contribution in [3.8, 4) is 17.6 Å². The van der Waals surface area contributed by atoms with Crippen molar-refractivity contribution in [2.24, 2.45) is 0 Å². The first-order valence-corrected chi connectivity index (χ1v) is 7.63. The van der Waals surface area contributed by atoms with Crippen molar-refractivity contribution < 1.29 is 14.3 Å². The molecule has 1 heterocycles. The molecule has 0 bridgehead atoms. The fourth-order valence-corrected chi connectivity index (χ4v) is 2.40. The van der Waals surface area contributed by atoms with Crippen molar-refractivity contribution in [1.82, 2.24) is 0 Å². The zero-order chi connectivity index (χ0) is 16.9. The first-order valence-electron chi connectivity index (χ1n) is 7.63. The number of fused-ring (bicyclic) bond motifs is 1. The molecule has 122 valence electrons. The zero-order valence-electron chi connectivity index (χ0n) is 13.2. The van der Waals surface area contributed by atoms with Crippen molar-refractivity contribution >= 4 is 17.3 Å². The summed E-state index contributed by atoms with van der Waals surface area (Å²) < 4.78 is 11.2. The van der Waals surface area contributed by atoms with Gasteiger partial charge in [-0.2, -0.15) is 5.26 Å². The van der Waals surface area contributed by atoms with E-state index in [9.17, 15) is 4.79 Å². The summed E-state index contributed by atoms with van der Waals surface area (Å²) in [5, 5.41) is 14.8. The Kier molecular flexibility index (Phi) is 4.52. The van der Waals surface area contributed by atoms with Gasteiger partial charge in [0.25, 0.3) is 0 Å². The van der Waals surface area contributed by atoms with Crippen LogP contribution in [0, 0.1) is 11.3 Å². The molecular formula is C18H17N3O3. The van der Waals surface area contributed by atoms with Crippen LogP contribution in [0.4, 0.5) is 11.4 Å². The van der Waals surface area contributed by atoms with Crippen molar-refractivity contribution in [3.05, 3.63) is 48.0 Å². The Bertz CT molecular complexity index is 798. The lowest BCUT2D eigenvalue weighted by atomic mass is 10.2. The minimum atomic E-state index is -0.493. The molecular weight excluding hydrogens is 306 g/mol. The van der Waals surface area contributed by atoms with Crippen molar-refractivity contribution in [1.29, 1.82) is 5.26 Å². The van der Waals surface area contributed by atoms with E-state index < -0.39 is 6.04 Å². The third kappa shape index (κ3) is 3.41. The third-order valence-electron chi connectivity index (χ3n) is 3.59. The number of nitriles is 1. The number of hydrogen-bond donors (Lipinski definition) is 2. The molecule has 3 rings (SSSR count). The van der Waals surface area contributed by atoms with E-state index >= 15 is 0 Å². The first-order chi connectivity index (χ1) is 11.7. The highest BCUT2D eigenvalue weighted by Crippen LogP contribution is 2.37. The van der Waals surface area contributed by atoms with E-state index in [0.717, 1.165) is 0 Å². The van der Waals surface area contributed by atoms with E-state index in [-0.39, 0.29) is 5.91 Å². The Morgan fingerprint density at radius 2 is 2.00 bits per heavy atom. The van der Waals surface area contributed by atoms with Crippen molar-refractivity contribution in [2.45, 2.75) is 13.0 Å². The molecule has 0 radical (unpaired) electrons. The molecule has 6 nitrogen and oxygen atoms in total. The summed E-state index contributed by atoms with van der Waals surface area (Å²) in [5.74, 6) is 1.08.